The van der Waals surface area contributed by atoms with E-state index in [9.17, 15) is 4.79 Å². The van der Waals surface area contributed by atoms with Crippen molar-refractivity contribution in [1.82, 2.24) is 4.90 Å². The fourth-order valence-electron chi connectivity index (χ4n) is 2.32. The number of carbonyl (C=O) groups is 1. The van der Waals surface area contributed by atoms with Crippen molar-refractivity contribution in [3.63, 3.8) is 0 Å². The summed E-state index contributed by atoms with van der Waals surface area (Å²) in [4.78, 5) is 14.4. The minimum atomic E-state index is -0.316. The van der Waals surface area contributed by atoms with E-state index in [0.29, 0.717) is 19.6 Å². The van der Waals surface area contributed by atoms with E-state index in [0.717, 1.165) is 23.4 Å². The van der Waals surface area contributed by atoms with Gasteiger partial charge in [-0.1, -0.05) is 17.7 Å². The second-order valence-corrected chi connectivity index (χ2v) is 5.08. The first-order chi connectivity index (χ1) is 9.10. The summed E-state index contributed by atoms with van der Waals surface area (Å²) < 4.78 is 10.9. The summed E-state index contributed by atoms with van der Waals surface area (Å²) in [5, 5.41) is 0. The summed E-state index contributed by atoms with van der Waals surface area (Å²) in [5.74, 6) is 0.888. The third-order valence-electron chi connectivity index (χ3n) is 3.43. The van der Waals surface area contributed by atoms with Crippen molar-refractivity contribution in [2.24, 2.45) is 0 Å². The van der Waals surface area contributed by atoms with Crippen molar-refractivity contribution in [3.05, 3.63) is 29.3 Å². The number of Topliss-reactive ketones (excluding diaryl/α,β-unsaturated/α-hetero) is 1. The second kappa shape index (κ2) is 6.17. The predicted octanol–water partition coefficient (Wildman–Crippen LogP) is 1.45. The molecule has 104 valence electrons. The molecule has 1 atom stereocenters. The minimum absolute atomic E-state index is 0.121. The van der Waals surface area contributed by atoms with E-state index in [1.54, 1.807) is 7.11 Å². The summed E-state index contributed by atoms with van der Waals surface area (Å²) >= 11 is 0. The maximum Gasteiger partial charge on any atom is 0.167 e. The zero-order valence-corrected chi connectivity index (χ0v) is 11.8. The molecule has 1 saturated heterocycles. The van der Waals surface area contributed by atoms with Crippen molar-refractivity contribution in [1.29, 1.82) is 0 Å². The van der Waals surface area contributed by atoms with Crippen LogP contribution in [0.4, 0.5) is 0 Å². The summed E-state index contributed by atoms with van der Waals surface area (Å²) in [5.41, 5.74) is 2.06. The summed E-state index contributed by atoms with van der Waals surface area (Å²) in [6, 6.07) is 5.90. The Bertz CT molecular complexity index is 459. The Labute approximate surface area is 114 Å². The molecule has 0 spiro atoms. The van der Waals surface area contributed by atoms with Crippen molar-refractivity contribution in [3.8, 4) is 5.75 Å². The molecule has 4 nitrogen and oxygen atoms in total. The topological polar surface area (TPSA) is 38.8 Å². The molecule has 0 radical (unpaired) electrons. The van der Waals surface area contributed by atoms with E-state index in [1.807, 2.05) is 32.2 Å². The van der Waals surface area contributed by atoms with E-state index in [2.05, 4.69) is 4.90 Å². The number of methoxy groups -OCH3 is 1. The molecule has 0 aromatic heterocycles. The van der Waals surface area contributed by atoms with Crippen molar-refractivity contribution >= 4 is 5.78 Å². The van der Waals surface area contributed by atoms with Crippen LogP contribution < -0.4 is 4.74 Å². The van der Waals surface area contributed by atoms with Crippen molar-refractivity contribution in [2.75, 3.05) is 33.9 Å². The lowest BCUT2D eigenvalue weighted by molar-refractivity contribution is -0.134. The van der Waals surface area contributed by atoms with Gasteiger partial charge in [-0.25, -0.2) is 0 Å². The molecule has 0 aliphatic carbocycles. The molecule has 1 unspecified atom stereocenters. The predicted molar refractivity (Wildman–Crippen MR) is 73.7 cm³/mol. The third kappa shape index (κ3) is 3.55. The van der Waals surface area contributed by atoms with Crippen LogP contribution in [0.3, 0.4) is 0 Å². The van der Waals surface area contributed by atoms with E-state index in [1.165, 1.54) is 0 Å². The number of ketones is 1. The van der Waals surface area contributed by atoms with Crippen LogP contribution >= 0.6 is 0 Å². The molecule has 1 aliphatic heterocycles. The number of nitrogens with zero attached hydrogens (tertiary/aromatic N) is 1. The first-order valence-electron chi connectivity index (χ1n) is 6.56. The van der Waals surface area contributed by atoms with E-state index < -0.39 is 0 Å². The van der Waals surface area contributed by atoms with Crippen LogP contribution in [-0.2, 0) is 16.0 Å². The Kier molecular flexibility index (Phi) is 4.56. The Morgan fingerprint density at radius 3 is 3.00 bits per heavy atom. The highest BCUT2D eigenvalue weighted by Gasteiger charge is 2.25. The molecule has 1 aromatic rings. The molecule has 1 heterocycles. The van der Waals surface area contributed by atoms with Gasteiger partial charge >= 0.3 is 0 Å². The molecular weight excluding hydrogens is 242 g/mol. The molecule has 0 bridgehead atoms. The molecule has 1 fully saturated rings. The number of benzene rings is 1. The molecule has 19 heavy (non-hydrogen) atoms. The largest absolute Gasteiger partial charge is 0.496 e. The summed E-state index contributed by atoms with van der Waals surface area (Å²) in [7, 11) is 3.64. The quantitative estimate of drug-likeness (QED) is 0.824. The molecule has 0 amide bonds. The molecule has 4 heteroatoms. The molecule has 1 aromatic carbocycles. The first-order valence-corrected chi connectivity index (χ1v) is 6.56. The number of rotatable bonds is 4. The van der Waals surface area contributed by atoms with Gasteiger partial charge in [0.2, 0.25) is 0 Å². The van der Waals surface area contributed by atoms with Gasteiger partial charge in [0.05, 0.1) is 13.7 Å². The summed E-state index contributed by atoms with van der Waals surface area (Å²) in [6.45, 7) is 4.20. The lowest BCUT2D eigenvalue weighted by Crippen LogP contribution is -2.44. The number of morpholine rings is 1. The molecule has 0 saturated carbocycles. The fraction of sp³-hybridized carbons (Fsp3) is 0.533. The average molecular weight is 263 g/mol. The number of hydrogen-bond acceptors (Lipinski definition) is 4. The van der Waals surface area contributed by atoms with Gasteiger partial charge in [0.25, 0.3) is 0 Å². The lowest BCUT2D eigenvalue weighted by atomic mass is 10.0. The molecule has 0 N–H and O–H groups in total. The SMILES string of the molecule is COc1ccc(C)cc1CC(=O)C1CN(C)CCO1. The zero-order valence-electron chi connectivity index (χ0n) is 11.8. The van der Waals surface area contributed by atoms with Crippen molar-refractivity contribution < 1.29 is 14.3 Å². The van der Waals surface area contributed by atoms with Gasteiger partial charge < -0.3 is 14.4 Å². The van der Waals surface area contributed by atoms with Gasteiger partial charge in [-0.2, -0.15) is 0 Å². The maximum atomic E-state index is 12.3. The van der Waals surface area contributed by atoms with Crippen LogP contribution in [0, 0.1) is 6.92 Å². The number of aryl methyl sites for hydroxylation is 1. The number of hydrogen-bond donors (Lipinski definition) is 0. The van der Waals surface area contributed by atoms with Gasteiger partial charge in [-0.3, -0.25) is 4.79 Å². The minimum Gasteiger partial charge on any atom is -0.496 e. The Hall–Kier alpha value is -1.39. The van der Waals surface area contributed by atoms with Crippen LogP contribution in [0.2, 0.25) is 0 Å². The standard InChI is InChI=1S/C15H21NO3/c1-11-4-5-14(18-3)12(8-11)9-13(17)15-10-16(2)6-7-19-15/h4-5,8,15H,6-7,9-10H2,1-3H3. The van der Waals surface area contributed by atoms with Crippen LogP contribution in [0.1, 0.15) is 11.1 Å². The monoisotopic (exact) mass is 263 g/mol. The molecular formula is C15H21NO3. The van der Waals surface area contributed by atoms with Gasteiger partial charge in [0.1, 0.15) is 11.9 Å². The Morgan fingerprint density at radius 2 is 2.32 bits per heavy atom. The Morgan fingerprint density at radius 1 is 1.53 bits per heavy atom. The number of carbonyl (C=O) groups excluding carboxylic acids is 1. The first kappa shape index (κ1) is 14.0. The van der Waals surface area contributed by atoms with Crippen molar-refractivity contribution in [2.45, 2.75) is 19.4 Å². The van der Waals surface area contributed by atoms with E-state index in [-0.39, 0.29) is 11.9 Å². The van der Waals surface area contributed by atoms with Crippen LogP contribution in [0.15, 0.2) is 18.2 Å². The third-order valence-corrected chi connectivity index (χ3v) is 3.43. The molecule has 1 aliphatic rings. The van der Waals surface area contributed by atoms with Gasteiger partial charge in [-0.05, 0) is 20.0 Å². The van der Waals surface area contributed by atoms with Gasteiger partial charge in [-0.15, -0.1) is 0 Å². The number of ether oxygens (including phenoxy) is 2. The number of likely N-dealkylation sites (N-methyl/N-ethyl adjacent to an activating group) is 1. The van der Waals surface area contributed by atoms with Crippen LogP contribution in [0.25, 0.3) is 0 Å². The highest BCUT2D eigenvalue weighted by atomic mass is 16.5. The van der Waals surface area contributed by atoms with Gasteiger partial charge in [0.15, 0.2) is 5.78 Å². The zero-order chi connectivity index (χ0) is 13.8. The van der Waals surface area contributed by atoms with Crippen LogP contribution in [-0.4, -0.2) is 50.6 Å². The highest BCUT2D eigenvalue weighted by Crippen LogP contribution is 2.21. The second-order valence-electron chi connectivity index (χ2n) is 5.08. The smallest absolute Gasteiger partial charge is 0.167 e. The van der Waals surface area contributed by atoms with Gasteiger partial charge in [0, 0.05) is 25.1 Å². The van der Waals surface area contributed by atoms with E-state index >= 15 is 0 Å². The van der Waals surface area contributed by atoms with Crippen LogP contribution in [0.5, 0.6) is 5.75 Å². The average Bonchev–Trinajstić information content (AvgIpc) is 2.39. The summed E-state index contributed by atoms with van der Waals surface area (Å²) in [6.07, 6.45) is 0.0487. The normalized spacial score (nSPS) is 20.3. The lowest BCUT2D eigenvalue weighted by Gasteiger charge is -2.29. The Balaban J connectivity index is 2.07. The van der Waals surface area contributed by atoms with E-state index in [4.69, 9.17) is 9.47 Å². The highest BCUT2D eigenvalue weighted by molar-refractivity contribution is 5.86. The molecule has 2 rings (SSSR count). The fourth-order valence-corrected chi connectivity index (χ4v) is 2.32. The maximum absolute atomic E-state index is 12.3.